The highest BCUT2D eigenvalue weighted by atomic mass is 16.5. The lowest BCUT2D eigenvalue weighted by Gasteiger charge is -2.20. The van der Waals surface area contributed by atoms with Gasteiger partial charge in [0.05, 0.1) is 17.9 Å². The summed E-state index contributed by atoms with van der Waals surface area (Å²) >= 11 is 0. The summed E-state index contributed by atoms with van der Waals surface area (Å²) in [7, 11) is 0. The number of esters is 1. The SMILES string of the molecule is CCOC(=O)C1=C(N=C2O/C(=C/c3ccc4c(c3)c3c(n4CC)=CC(C)CC=3)C(=O)N2CCC2=CCC(C)C=C2)C=CCC1C. The van der Waals surface area contributed by atoms with E-state index in [0.29, 0.717) is 36.1 Å². The van der Waals surface area contributed by atoms with Crippen LogP contribution >= 0.6 is 0 Å². The molecule has 7 nitrogen and oxygen atoms in total. The van der Waals surface area contributed by atoms with E-state index in [0.717, 1.165) is 31.4 Å². The molecule has 2 heterocycles. The van der Waals surface area contributed by atoms with E-state index in [1.54, 1.807) is 11.8 Å². The molecule has 1 aromatic heterocycles. The van der Waals surface area contributed by atoms with Crippen molar-refractivity contribution in [2.45, 2.75) is 66.8 Å². The molecule has 0 radical (unpaired) electrons. The lowest BCUT2D eigenvalue weighted by molar-refractivity contribution is -0.139. The van der Waals surface area contributed by atoms with Crippen LogP contribution in [-0.4, -0.2) is 40.5 Å². The quantitative estimate of drug-likeness (QED) is 0.268. The Hall–Kier alpha value is -4.39. The average molecular weight is 606 g/mol. The fraction of sp³-hybridized carbons (Fsp3) is 0.395. The minimum atomic E-state index is -0.383. The molecule has 2 aromatic rings. The van der Waals surface area contributed by atoms with E-state index in [4.69, 9.17) is 14.5 Å². The number of aromatic nitrogens is 1. The third-order valence-electron chi connectivity index (χ3n) is 9.07. The van der Waals surface area contributed by atoms with Gasteiger partial charge in [0.25, 0.3) is 5.91 Å². The number of amides is 1. The predicted molar refractivity (Wildman–Crippen MR) is 180 cm³/mol. The van der Waals surface area contributed by atoms with Crippen LogP contribution in [0.4, 0.5) is 0 Å². The second-order valence-electron chi connectivity index (χ2n) is 12.5. The standard InChI is InChI=1S/C38H43N3O4/c1-6-40-32-18-16-28(22-30(32)29-17-13-25(4)21-33(29)40)23-34-36(42)41(20-19-27-14-11-24(3)12-15-27)38(45-34)39-31-10-8-9-26(5)35(31)37(43)44-7-2/h8,10-11,14-18,21-26H,6-7,9,12-13,19-20H2,1-5H3/b34-23+,39-38?. The van der Waals surface area contributed by atoms with Crippen molar-refractivity contribution in [3.63, 3.8) is 0 Å². The molecule has 0 spiro atoms. The first-order valence-corrected chi connectivity index (χ1v) is 16.4. The summed E-state index contributed by atoms with van der Waals surface area (Å²) in [5.74, 6) is 0.558. The number of allylic oxidation sites excluding steroid dienone is 5. The first-order chi connectivity index (χ1) is 21.8. The van der Waals surface area contributed by atoms with Gasteiger partial charge in [-0.15, -0.1) is 0 Å². The lowest BCUT2D eigenvalue weighted by Crippen LogP contribution is -2.32. The van der Waals surface area contributed by atoms with Gasteiger partial charge in [0, 0.05) is 34.6 Å². The molecule has 1 aromatic carbocycles. The molecule has 0 bridgehead atoms. The molecule has 3 atom stereocenters. The minimum Gasteiger partial charge on any atom is -0.463 e. The van der Waals surface area contributed by atoms with Crippen LogP contribution in [0.15, 0.2) is 76.2 Å². The van der Waals surface area contributed by atoms with Crippen molar-refractivity contribution < 1.29 is 19.1 Å². The molecule has 45 heavy (non-hydrogen) atoms. The molecule has 6 rings (SSSR count). The Labute approximate surface area is 265 Å². The van der Waals surface area contributed by atoms with Gasteiger partial charge in [0.15, 0.2) is 5.76 Å². The normalized spacial score (nSPS) is 24.6. The van der Waals surface area contributed by atoms with E-state index in [9.17, 15) is 9.59 Å². The van der Waals surface area contributed by atoms with Crippen LogP contribution in [-0.2, 0) is 25.6 Å². The van der Waals surface area contributed by atoms with Gasteiger partial charge in [-0.2, -0.15) is 4.99 Å². The number of rotatable bonds is 8. The van der Waals surface area contributed by atoms with Crippen molar-refractivity contribution in [1.29, 1.82) is 0 Å². The van der Waals surface area contributed by atoms with Gasteiger partial charge in [-0.05, 0) is 87.1 Å². The molecule has 0 saturated carbocycles. The highest BCUT2D eigenvalue weighted by molar-refractivity contribution is 6.12. The summed E-state index contributed by atoms with van der Waals surface area (Å²) < 4.78 is 14.0. The minimum absolute atomic E-state index is 0.0568. The highest BCUT2D eigenvalue weighted by Gasteiger charge is 2.36. The van der Waals surface area contributed by atoms with E-state index in [2.05, 4.69) is 67.9 Å². The van der Waals surface area contributed by atoms with Gasteiger partial charge < -0.3 is 14.0 Å². The second-order valence-corrected chi connectivity index (χ2v) is 12.5. The molecule has 3 unspecified atom stereocenters. The molecule has 1 saturated heterocycles. The fourth-order valence-electron chi connectivity index (χ4n) is 6.58. The Bertz CT molecular complexity index is 1850. The Morgan fingerprint density at radius 2 is 1.91 bits per heavy atom. The largest absolute Gasteiger partial charge is 0.463 e. The number of aryl methyl sites for hydroxylation is 1. The van der Waals surface area contributed by atoms with Crippen LogP contribution < -0.4 is 10.6 Å². The van der Waals surface area contributed by atoms with Gasteiger partial charge in [0.2, 0.25) is 0 Å². The molecule has 4 aliphatic rings. The average Bonchev–Trinajstić information content (AvgIpc) is 3.48. The summed E-state index contributed by atoms with van der Waals surface area (Å²) in [6, 6.07) is 6.51. The number of fused-ring (bicyclic) bond motifs is 3. The number of amidine groups is 1. The molecular weight excluding hydrogens is 562 g/mol. The topological polar surface area (TPSA) is 73.1 Å². The van der Waals surface area contributed by atoms with Crippen LogP contribution in [0.5, 0.6) is 0 Å². The number of carbonyl (C=O) groups is 2. The molecule has 1 aliphatic heterocycles. The van der Waals surface area contributed by atoms with Crippen LogP contribution in [0.1, 0.15) is 65.9 Å². The van der Waals surface area contributed by atoms with Gasteiger partial charge in [-0.3, -0.25) is 9.69 Å². The van der Waals surface area contributed by atoms with Gasteiger partial charge in [-0.25, -0.2) is 4.79 Å². The van der Waals surface area contributed by atoms with E-state index in [1.807, 2.05) is 31.2 Å². The van der Waals surface area contributed by atoms with Crippen molar-refractivity contribution in [2.24, 2.45) is 22.7 Å². The van der Waals surface area contributed by atoms with E-state index >= 15 is 0 Å². The Morgan fingerprint density at radius 3 is 2.67 bits per heavy atom. The van der Waals surface area contributed by atoms with Crippen LogP contribution in [0.25, 0.3) is 29.1 Å². The van der Waals surface area contributed by atoms with E-state index in [1.165, 1.54) is 27.0 Å². The summed E-state index contributed by atoms with van der Waals surface area (Å²) in [6.45, 7) is 12.0. The number of benzene rings is 1. The number of ether oxygens (including phenoxy) is 2. The van der Waals surface area contributed by atoms with Crippen molar-refractivity contribution >= 4 is 47.0 Å². The Morgan fingerprint density at radius 1 is 1.09 bits per heavy atom. The highest BCUT2D eigenvalue weighted by Crippen LogP contribution is 2.30. The summed E-state index contributed by atoms with van der Waals surface area (Å²) in [5, 5.41) is 3.70. The van der Waals surface area contributed by atoms with Crippen molar-refractivity contribution in [3.05, 3.63) is 87.3 Å². The number of hydrogen-bond donors (Lipinski definition) is 0. The fourth-order valence-corrected chi connectivity index (χ4v) is 6.58. The van der Waals surface area contributed by atoms with Crippen molar-refractivity contribution in [3.8, 4) is 0 Å². The summed E-state index contributed by atoms with van der Waals surface area (Å²) in [6.07, 6.45) is 20.3. The van der Waals surface area contributed by atoms with Gasteiger partial charge >= 0.3 is 12.0 Å². The molecule has 7 heteroatoms. The third kappa shape index (κ3) is 6.13. The first kappa shape index (κ1) is 30.6. The first-order valence-electron chi connectivity index (χ1n) is 16.4. The van der Waals surface area contributed by atoms with Gasteiger partial charge in [-0.1, -0.05) is 68.9 Å². The Kier molecular flexibility index (Phi) is 8.79. The number of carbonyl (C=O) groups excluding carboxylic acids is 2. The predicted octanol–water partition coefficient (Wildman–Crippen LogP) is 6.14. The summed E-state index contributed by atoms with van der Waals surface area (Å²) in [5.41, 5.74) is 4.24. The lowest BCUT2D eigenvalue weighted by atomic mass is 9.91. The molecule has 0 N–H and O–H groups in total. The molecule has 1 amide bonds. The van der Waals surface area contributed by atoms with E-state index in [-0.39, 0.29) is 36.2 Å². The second kappa shape index (κ2) is 12.9. The molecule has 234 valence electrons. The number of aliphatic imine (C=N–C) groups is 1. The smallest absolute Gasteiger partial charge is 0.336 e. The maximum atomic E-state index is 13.9. The van der Waals surface area contributed by atoms with Gasteiger partial charge in [0.1, 0.15) is 0 Å². The molecular formula is C38H43N3O4. The monoisotopic (exact) mass is 605 g/mol. The number of hydrogen-bond acceptors (Lipinski definition) is 5. The van der Waals surface area contributed by atoms with Crippen LogP contribution in [0.2, 0.25) is 0 Å². The molecule has 1 fully saturated rings. The van der Waals surface area contributed by atoms with Crippen molar-refractivity contribution in [1.82, 2.24) is 9.47 Å². The van der Waals surface area contributed by atoms with Crippen LogP contribution in [0, 0.1) is 17.8 Å². The third-order valence-corrected chi connectivity index (χ3v) is 9.07. The molecule has 3 aliphatic carbocycles. The maximum absolute atomic E-state index is 13.9. The van der Waals surface area contributed by atoms with Crippen LogP contribution in [0.3, 0.4) is 0 Å². The number of nitrogens with zero attached hydrogens (tertiary/aromatic N) is 3. The van der Waals surface area contributed by atoms with Crippen molar-refractivity contribution in [2.75, 3.05) is 13.2 Å². The zero-order valence-corrected chi connectivity index (χ0v) is 27.0. The zero-order valence-electron chi connectivity index (χ0n) is 27.0. The summed E-state index contributed by atoms with van der Waals surface area (Å²) in [4.78, 5) is 33.2. The maximum Gasteiger partial charge on any atom is 0.336 e. The zero-order chi connectivity index (χ0) is 31.7. The van der Waals surface area contributed by atoms with E-state index < -0.39 is 0 Å². The Balaban J connectivity index is 1.39.